The molecule has 1 fully saturated rings. The minimum absolute atomic E-state index is 0.0299. The Kier molecular flexibility index (Phi) is 6.02. The molecule has 1 amide bonds. The van der Waals surface area contributed by atoms with E-state index in [9.17, 15) is 4.79 Å². The van der Waals surface area contributed by atoms with Crippen molar-refractivity contribution in [3.63, 3.8) is 0 Å². The second kappa shape index (κ2) is 8.02. The van der Waals surface area contributed by atoms with Gasteiger partial charge in [0, 0.05) is 31.7 Å². The zero-order valence-corrected chi connectivity index (χ0v) is 12.2. The third-order valence-electron chi connectivity index (χ3n) is 3.51. The normalized spacial score (nSPS) is 16.1. The highest BCUT2D eigenvalue weighted by atomic mass is 16.5. The van der Waals surface area contributed by atoms with Crippen molar-refractivity contribution in [2.24, 2.45) is 0 Å². The molecule has 0 aliphatic carbocycles. The molecule has 4 nitrogen and oxygen atoms in total. The maximum atomic E-state index is 12.0. The van der Waals surface area contributed by atoms with Crippen LogP contribution in [-0.2, 0) is 11.3 Å². The van der Waals surface area contributed by atoms with Gasteiger partial charge in [0.1, 0.15) is 0 Å². The smallest absolute Gasteiger partial charge is 0.251 e. The molecule has 0 bridgehead atoms. The Hall–Kier alpha value is -1.39. The number of ether oxygens (including phenoxy) is 1. The molecule has 20 heavy (non-hydrogen) atoms. The van der Waals surface area contributed by atoms with Gasteiger partial charge in [-0.05, 0) is 24.1 Å². The van der Waals surface area contributed by atoms with Gasteiger partial charge >= 0.3 is 0 Å². The fraction of sp³-hybridized carbons (Fsp3) is 0.562. The van der Waals surface area contributed by atoms with E-state index >= 15 is 0 Å². The molecule has 110 valence electrons. The molecule has 1 aliphatic heterocycles. The summed E-state index contributed by atoms with van der Waals surface area (Å²) in [6.45, 7) is 7.30. The predicted octanol–water partition coefficient (Wildman–Crippen LogP) is 2.05. The molecule has 0 atom stereocenters. The molecule has 1 saturated heterocycles. The van der Waals surface area contributed by atoms with Crippen LogP contribution in [0, 0.1) is 0 Å². The topological polar surface area (TPSA) is 41.6 Å². The largest absolute Gasteiger partial charge is 0.379 e. The van der Waals surface area contributed by atoms with Crippen LogP contribution in [0.2, 0.25) is 0 Å². The Labute approximate surface area is 121 Å². The van der Waals surface area contributed by atoms with Crippen LogP contribution in [0.15, 0.2) is 24.3 Å². The molecule has 1 heterocycles. The molecule has 0 unspecified atom stereocenters. The van der Waals surface area contributed by atoms with Crippen molar-refractivity contribution in [2.45, 2.75) is 26.3 Å². The number of amides is 1. The maximum Gasteiger partial charge on any atom is 0.251 e. The summed E-state index contributed by atoms with van der Waals surface area (Å²) in [5, 5.41) is 2.96. The Bertz CT molecular complexity index is 428. The first kappa shape index (κ1) is 15.0. The van der Waals surface area contributed by atoms with E-state index in [-0.39, 0.29) is 5.91 Å². The molecule has 1 aliphatic rings. The molecule has 4 heteroatoms. The standard InChI is InChI=1S/C16H24N2O2/c1-2-3-7-17-16(19)15-6-4-5-14(12-15)13-18-8-10-20-11-9-18/h4-6,12H,2-3,7-11,13H2,1H3,(H,17,19). The first-order chi connectivity index (χ1) is 9.79. The number of morpholine rings is 1. The highest BCUT2D eigenvalue weighted by Gasteiger charge is 2.12. The first-order valence-corrected chi connectivity index (χ1v) is 7.47. The van der Waals surface area contributed by atoms with Crippen molar-refractivity contribution in [2.75, 3.05) is 32.8 Å². The number of nitrogens with zero attached hydrogens (tertiary/aromatic N) is 1. The van der Waals surface area contributed by atoms with E-state index in [1.807, 2.05) is 18.2 Å². The Balaban J connectivity index is 1.91. The zero-order valence-electron chi connectivity index (χ0n) is 12.2. The lowest BCUT2D eigenvalue weighted by Crippen LogP contribution is -2.35. The molecular weight excluding hydrogens is 252 g/mol. The van der Waals surface area contributed by atoms with E-state index in [1.165, 1.54) is 5.56 Å². The summed E-state index contributed by atoms with van der Waals surface area (Å²) in [5.74, 6) is 0.0299. The van der Waals surface area contributed by atoms with E-state index in [1.54, 1.807) is 0 Å². The highest BCUT2D eigenvalue weighted by Crippen LogP contribution is 2.10. The van der Waals surface area contributed by atoms with Gasteiger partial charge in [0.25, 0.3) is 5.91 Å². The molecule has 2 rings (SSSR count). The van der Waals surface area contributed by atoms with Crippen molar-refractivity contribution < 1.29 is 9.53 Å². The summed E-state index contributed by atoms with van der Waals surface area (Å²) < 4.78 is 5.35. The van der Waals surface area contributed by atoms with Crippen molar-refractivity contribution in [1.82, 2.24) is 10.2 Å². The summed E-state index contributed by atoms with van der Waals surface area (Å²) in [5.41, 5.74) is 1.95. The van der Waals surface area contributed by atoms with Crippen LogP contribution in [-0.4, -0.2) is 43.7 Å². The quantitative estimate of drug-likeness (QED) is 0.809. The van der Waals surface area contributed by atoms with E-state index in [4.69, 9.17) is 4.74 Å². The third kappa shape index (κ3) is 4.62. The van der Waals surface area contributed by atoms with E-state index in [2.05, 4.69) is 23.2 Å². The fourth-order valence-electron chi connectivity index (χ4n) is 2.31. The summed E-state index contributed by atoms with van der Waals surface area (Å²) in [7, 11) is 0. The summed E-state index contributed by atoms with van der Waals surface area (Å²) in [6.07, 6.45) is 2.12. The second-order valence-corrected chi connectivity index (χ2v) is 5.20. The van der Waals surface area contributed by atoms with E-state index in [0.717, 1.165) is 57.8 Å². The molecular formula is C16H24N2O2. The van der Waals surface area contributed by atoms with Crippen molar-refractivity contribution in [3.8, 4) is 0 Å². The summed E-state index contributed by atoms with van der Waals surface area (Å²) in [4.78, 5) is 14.4. The molecule has 0 aromatic heterocycles. The Morgan fingerprint density at radius 1 is 1.35 bits per heavy atom. The average molecular weight is 276 g/mol. The molecule has 1 N–H and O–H groups in total. The van der Waals surface area contributed by atoms with Crippen molar-refractivity contribution >= 4 is 5.91 Å². The first-order valence-electron chi connectivity index (χ1n) is 7.47. The molecule has 0 radical (unpaired) electrons. The lowest BCUT2D eigenvalue weighted by molar-refractivity contribution is 0.0342. The number of hydrogen-bond donors (Lipinski definition) is 1. The SMILES string of the molecule is CCCCNC(=O)c1cccc(CN2CCOCC2)c1. The van der Waals surface area contributed by atoms with Crippen LogP contribution < -0.4 is 5.32 Å². The Morgan fingerprint density at radius 2 is 2.15 bits per heavy atom. The summed E-state index contributed by atoms with van der Waals surface area (Å²) in [6, 6.07) is 7.92. The van der Waals surface area contributed by atoms with Gasteiger partial charge in [-0.2, -0.15) is 0 Å². The fourth-order valence-corrected chi connectivity index (χ4v) is 2.31. The van der Waals surface area contributed by atoms with Crippen LogP contribution >= 0.6 is 0 Å². The maximum absolute atomic E-state index is 12.0. The van der Waals surface area contributed by atoms with Crippen LogP contribution in [0.5, 0.6) is 0 Å². The third-order valence-corrected chi connectivity index (χ3v) is 3.51. The van der Waals surface area contributed by atoms with Crippen LogP contribution in [0.25, 0.3) is 0 Å². The number of rotatable bonds is 6. The van der Waals surface area contributed by atoms with Crippen LogP contribution in [0.3, 0.4) is 0 Å². The van der Waals surface area contributed by atoms with Gasteiger partial charge in [-0.1, -0.05) is 25.5 Å². The van der Waals surface area contributed by atoms with Gasteiger partial charge < -0.3 is 10.1 Å². The number of benzene rings is 1. The van der Waals surface area contributed by atoms with Gasteiger partial charge in [-0.25, -0.2) is 0 Å². The lowest BCUT2D eigenvalue weighted by Gasteiger charge is -2.26. The van der Waals surface area contributed by atoms with Crippen molar-refractivity contribution in [3.05, 3.63) is 35.4 Å². The van der Waals surface area contributed by atoms with E-state index in [0.29, 0.717) is 0 Å². The van der Waals surface area contributed by atoms with Gasteiger partial charge in [0.05, 0.1) is 13.2 Å². The Morgan fingerprint density at radius 3 is 2.90 bits per heavy atom. The van der Waals surface area contributed by atoms with Gasteiger partial charge in [0.2, 0.25) is 0 Å². The molecule has 1 aromatic rings. The van der Waals surface area contributed by atoms with Crippen LogP contribution in [0.1, 0.15) is 35.7 Å². The number of nitrogens with one attached hydrogen (secondary N) is 1. The lowest BCUT2D eigenvalue weighted by atomic mass is 10.1. The predicted molar refractivity (Wildman–Crippen MR) is 79.8 cm³/mol. The second-order valence-electron chi connectivity index (χ2n) is 5.20. The average Bonchev–Trinajstić information content (AvgIpc) is 2.49. The minimum Gasteiger partial charge on any atom is -0.379 e. The number of unbranched alkanes of at least 4 members (excludes halogenated alkanes) is 1. The van der Waals surface area contributed by atoms with Gasteiger partial charge in [0.15, 0.2) is 0 Å². The number of carbonyl (C=O) groups excluding carboxylic acids is 1. The molecule has 0 saturated carbocycles. The summed E-state index contributed by atoms with van der Waals surface area (Å²) >= 11 is 0. The van der Waals surface area contributed by atoms with E-state index < -0.39 is 0 Å². The van der Waals surface area contributed by atoms with Gasteiger partial charge in [-0.15, -0.1) is 0 Å². The van der Waals surface area contributed by atoms with Crippen LogP contribution in [0.4, 0.5) is 0 Å². The number of carbonyl (C=O) groups is 1. The van der Waals surface area contributed by atoms with Gasteiger partial charge in [-0.3, -0.25) is 9.69 Å². The monoisotopic (exact) mass is 276 g/mol. The molecule has 1 aromatic carbocycles. The highest BCUT2D eigenvalue weighted by molar-refractivity contribution is 5.94. The molecule has 0 spiro atoms. The minimum atomic E-state index is 0.0299. The number of hydrogen-bond acceptors (Lipinski definition) is 3. The zero-order chi connectivity index (χ0) is 14.2. The van der Waals surface area contributed by atoms with Crippen molar-refractivity contribution in [1.29, 1.82) is 0 Å².